The van der Waals surface area contributed by atoms with Gasteiger partial charge >= 0.3 is 0 Å². The molecule has 0 saturated heterocycles. The zero-order valence-corrected chi connectivity index (χ0v) is 13.2. The van der Waals surface area contributed by atoms with E-state index in [1.54, 1.807) is 0 Å². The van der Waals surface area contributed by atoms with Crippen LogP contribution in [-0.2, 0) is 4.79 Å². The van der Waals surface area contributed by atoms with E-state index in [1.165, 1.54) is 5.57 Å². The van der Waals surface area contributed by atoms with Gasteiger partial charge in [0.25, 0.3) is 0 Å². The van der Waals surface area contributed by atoms with Crippen molar-refractivity contribution in [3.8, 4) is 0 Å². The van der Waals surface area contributed by atoms with Gasteiger partial charge in [0, 0.05) is 11.8 Å². The largest absolute Gasteiger partial charge is 0.393 e. The van der Waals surface area contributed by atoms with Crippen molar-refractivity contribution in [2.75, 3.05) is 0 Å². The fraction of sp³-hybridized carbons (Fsp3) is 0.737. The molecule has 22 heavy (non-hydrogen) atoms. The topological polar surface area (TPSA) is 37.3 Å². The lowest BCUT2D eigenvalue weighted by atomic mass is 9.51. The van der Waals surface area contributed by atoms with Crippen LogP contribution in [0.15, 0.2) is 23.6 Å². The maximum absolute atomic E-state index is 13.7. The van der Waals surface area contributed by atoms with Crippen molar-refractivity contribution in [3.05, 3.63) is 23.6 Å². The maximum atomic E-state index is 13.7. The van der Waals surface area contributed by atoms with Gasteiger partial charge in [-0.1, -0.05) is 12.5 Å². The molecule has 0 radical (unpaired) electrons. The van der Waals surface area contributed by atoms with Crippen molar-refractivity contribution >= 4 is 5.78 Å². The maximum Gasteiger partial charge on any atom is 0.155 e. The molecule has 0 aromatic heterocycles. The summed E-state index contributed by atoms with van der Waals surface area (Å²) in [7, 11) is 0. The quantitative estimate of drug-likeness (QED) is 0.735. The lowest BCUT2D eigenvalue weighted by Crippen LogP contribution is -2.48. The van der Waals surface area contributed by atoms with Gasteiger partial charge in [-0.05, 0) is 73.8 Å². The molecule has 1 N–H and O–H groups in total. The molecule has 6 atom stereocenters. The smallest absolute Gasteiger partial charge is 0.155 e. The Labute approximate surface area is 131 Å². The fourth-order valence-electron chi connectivity index (χ4n) is 6.20. The zero-order chi connectivity index (χ0) is 15.5. The van der Waals surface area contributed by atoms with E-state index in [0.717, 1.165) is 44.0 Å². The third-order valence-electron chi connectivity index (χ3n) is 7.22. The number of halogens is 1. The van der Waals surface area contributed by atoms with E-state index in [0.29, 0.717) is 30.6 Å². The molecule has 0 unspecified atom stereocenters. The van der Waals surface area contributed by atoms with Gasteiger partial charge in [-0.3, -0.25) is 4.79 Å². The summed E-state index contributed by atoms with van der Waals surface area (Å²) in [5.41, 5.74) is 2.01. The SMILES string of the molecule is C[C@]12C/C(=C\F)[C@H]3[C@@H](CCC4=CC(=O)CC[C@@H]43)[C@@H]1CC[C@@H]2O. The summed E-state index contributed by atoms with van der Waals surface area (Å²) in [6, 6.07) is 0. The van der Waals surface area contributed by atoms with Crippen LogP contribution in [0.2, 0.25) is 0 Å². The first-order valence-corrected chi connectivity index (χ1v) is 8.75. The number of rotatable bonds is 0. The molecule has 3 heteroatoms. The summed E-state index contributed by atoms with van der Waals surface area (Å²) >= 11 is 0. The molecule has 0 aromatic rings. The second kappa shape index (κ2) is 5.02. The van der Waals surface area contributed by atoms with E-state index in [4.69, 9.17) is 0 Å². The van der Waals surface area contributed by atoms with Crippen LogP contribution >= 0.6 is 0 Å². The van der Waals surface area contributed by atoms with E-state index in [1.807, 2.05) is 6.08 Å². The number of allylic oxidation sites excluding steroid dienone is 2. The first-order valence-electron chi connectivity index (χ1n) is 8.75. The Morgan fingerprint density at radius 2 is 2.09 bits per heavy atom. The second-order valence-corrected chi connectivity index (χ2v) is 8.13. The van der Waals surface area contributed by atoms with Crippen LogP contribution in [0.25, 0.3) is 0 Å². The fourth-order valence-corrected chi connectivity index (χ4v) is 6.20. The minimum Gasteiger partial charge on any atom is -0.393 e. The lowest BCUT2D eigenvalue weighted by molar-refractivity contribution is -0.115. The number of hydrogen-bond acceptors (Lipinski definition) is 2. The van der Waals surface area contributed by atoms with Crippen LogP contribution in [0.1, 0.15) is 51.9 Å². The van der Waals surface area contributed by atoms with Gasteiger partial charge in [0.1, 0.15) is 0 Å². The predicted octanol–water partition coefficient (Wildman–Crippen LogP) is 3.95. The highest BCUT2D eigenvalue weighted by Crippen LogP contribution is 2.63. The van der Waals surface area contributed by atoms with Gasteiger partial charge in [-0.15, -0.1) is 0 Å². The molecule has 120 valence electrons. The summed E-state index contributed by atoms with van der Waals surface area (Å²) in [5, 5.41) is 10.4. The summed E-state index contributed by atoms with van der Waals surface area (Å²) < 4.78 is 13.7. The Hall–Kier alpha value is -0.960. The highest BCUT2D eigenvalue weighted by Gasteiger charge is 2.57. The third kappa shape index (κ3) is 1.90. The average Bonchev–Trinajstić information content (AvgIpc) is 2.81. The van der Waals surface area contributed by atoms with Crippen molar-refractivity contribution in [2.45, 2.75) is 58.0 Å². The molecule has 0 amide bonds. The first kappa shape index (κ1) is 14.6. The van der Waals surface area contributed by atoms with Crippen molar-refractivity contribution in [1.82, 2.24) is 0 Å². The summed E-state index contributed by atoms with van der Waals surface area (Å²) in [4.78, 5) is 11.7. The monoisotopic (exact) mass is 304 g/mol. The van der Waals surface area contributed by atoms with Gasteiger partial charge in [0.05, 0.1) is 12.4 Å². The Kier molecular flexibility index (Phi) is 3.34. The van der Waals surface area contributed by atoms with E-state index >= 15 is 0 Å². The van der Waals surface area contributed by atoms with Crippen LogP contribution in [0.3, 0.4) is 0 Å². The van der Waals surface area contributed by atoms with E-state index < -0.39 is 0 Å². The number of ketones is 1. The van der Waals surface area contributed by atoms with Crippen LogP contribution < -0.4 is 0 Å². The molecular weight excluding hydrogens is 279 g/mol. The highest BCUT2D eigenvalue weighted by molar-refractivity contribution is 5.91. The van der Waals surface area contributed by atoms with Crippen LogP contribution in [-0.4, -0.2) is 17.0 Å². The minimum atomic E-state index is -0.293. The highest BCUT2D eigenvalue weighted by atomic mass is 19.1. The Balaban J connectivity index is 1.73. The number of carbonyl (C=O) groups excluding carboxylic acids is 1. The van der Waals surface area contributed by atoms with Gasteiger partial charge in [-0.25, -0.2) is 4.39 Å². The van der Waals surface area contributed by atoms with Gasteiger partial charge in [0.15, 0.2) is 5.78 Å². The summed E-state index contributed by atoms with van der Waals surface area (Å²) in [5.74, 6) is 1.86. The van der Waals surface area contributed by atoms with Gasteiger partial charge in [-0.2, -0.15) is 0 Å². The zero-order valence-electron chi connectivity index (χ0n) is 13.2. The number of hydrogen-bond donors (Lipinski definition) is 1. The molecule has 3 saturated carbocycles. The first-order chi connectivity index (χ1) is 10.5. The van der Waals surface area contributed by atoms with Crippen molar-refractivity contribution < 1.29 is 14.3 Å². The summed E-state index contributed by atoms with van der Waals surface area (Å²) in [6.45, 7) is 2.16. The molecule has 0 spiro atoms. The molecule has 4 rings (SSSR count). The average molecular weight is 304 g/mol. The lowest BCUT2D eigenvalue weighted by Gasteiger charge is -2.54. The Morgan fingerprint density at radius 1 is 1.27 bits per heavy atom. The van der Waals surface area contributed by atoms with Crippen molar-refractivity contribution in [1.29, 1.82) is 0 Å². The molecule has 0 bridgehead atoms. The molecule has 4 aliphatic rings. The summed E-state index contributed by atoms with van der Waals surface area (Å²) in [6.07, 6.45) is 8.52. The van der Waals surface area contributed by atoms with Crippen molar-refractivity contribution in [3.63, 3.8) is 0 Å². The van der Waals surface area contributed by atoms with Crippen molar-refractivity contribution in [2.24, 2.45) is 29.1 Å². The number of aliphatic hydroxyl groups is 1. The number of carbonyl (C=O) groups is 1. The minimum absolute atomic E-state index is 0.148. The van der Waals surface area contributed by atoms with Gasteiger partial charge < -0.3 is 5.11 Å². The Bertz CT molecular complexity index is 564. The number of fused-ring (bicyclic) bond motifs is 5. The van der Waals surface area contributed by atoms with Crippen LogP contribution in [0, 0.1) is 29.1 Å². The molecular formula is C19H25FO2. The standard InChI is InChI=1S/C19H25FO2/c1-19-9-12(10-20)18-14-5-3-13(21)8-11(14)2-4-15(18)16(19)6-7-17(19)22/h8,10,14-18,22H,2-7,9H2,1H3/b12-10+/t14-,15-,16-,17-,18+,19-/m0/s1. The normalized spacial score (nSPS) is 49.4. The van der Waals surface area contributed by atoms with E-state index in [2.05, 4.69) is 6.92 Å². The molecule has 0 heterocycles. The van der Waals surface area contributed by atoms with Crippen LogP contribution in [0.5, 0.6) is 0 Å². The van der Waals surface area contributed by atoms with Crippen LogP contribution in [0.4, 0.5) is 4.39 Å². The molecule has 4 aliphatic carbocycles. The van der Waals surface area contributed by atoms with E-state index in [9.17, 15) is 14.3 Å². The third-order valence-corrected chi connectivity index (χ3v) is 7.22. The number of aliphatic hydroxyl groups excluding tert-OH is 1. The van der Waals surface area contributed by atoms with E-state index in [-0.39, 0.29) is 23.2 Å². The molecule has 3 fully saturated rings. The Morgan fingerprint density at radius 3 is 2.86 bits per heavy atom. The second-order valence-electron chi connectivity index (χ2n) is 8.13. The predicted molar refractivity (Wildman–Crippen MR) is 82.7 cm³/mol. The van der Waals surface area contributed by atoms with Gasteiger partial charge in [0.2, 0.25) is 0 Å². The molecule has 0 aliphatic heterocycles. The molecule has 2 nitrogen and oxygen atoms in total. The molecule has 0 aromatic carbocycles.